The van der Waals surface area contributed by atoms with E-state index in [1.54, 1.807) is 22.9 Å². The van der Waals surface area contributed by atoms with Crippen molar-refractivity contribution >= 4 is 28.5 Å². The van der Waals surface area contributed by atoms with E-state index in [0.717, 1.165) is 11.9 Å². The molecule has 0 radical (unpaired) electrons. The lowest BCUT2D eigenvalue weighted by molar-refractivity contribution is -0.128. The minimum absolute atomic E-state index is 0.101. The molecule has 1 N–H and O–H groups in total. The standard InChI is InChI=1S/C27H30N6O4/c1-5-27(2,3)28-26(35)25(21-11-8-14-31(21)4)33(18-12-13-22-23(15-18)37-17-36-22)24(34)16-32-20-10-7-6-9-19(20)29-30-32/h6-15,25H,5,16-17H2,1-4H3,(H,28,35). The summed E-state index contributed by atoms with van der Waals surface area (Å²) in [5.74, 6) is 0.486. The molecule has 2 amide bonds. The summed E-state index contributed by atoms with van der Waals surface area (Å²) in [7, 11) is 1.85. The van der Waals surface area contributed by atoms with Gasteiger partial charge in [0, 0.05) is 30.5 Å². The topological polar surface area (TPSA) is 104 Å². The van der Waals surface area contributed by atoms with E-state index in [2.05, 4.69) is 15.6 Å². The fraction of sp³-hybridized carbons (Fsp3) is 0.333. The van der Waals surface area contributed by atoms with Gasteiger partial charge >= 0.3 is 0 Å². The van der Waals surface area contributed by atoms with Crippen molar-refractivity contribution in [2.24, 2.45) is 7.05 Å². The first-order chi connectivity index (χ1) is 17.8. The number of anilines is 1. The van der Waals surface area contributed by atoms with Crippen LogP contribution in [0.1, 0.15) is 38.9 Å². The average molecular weight is 503 g/mol. The zero-order valence-electron chi connectivity index (χ0n) is 21.3. The van der Waals surface area contributed by atoms with Crippen LogP contribution in [0, 0.1) is 0 Å². The fourth-order valence-corrected chi connectivity index (χ4v) is 4.34. The third kappa shape index (κ3) is 4.74. The Morgan fingerprint density at radius 1 is 1.11 bits per heavy atom. The largest absolute Gasteiger partial charge is 0.454 e. The number of fused-ring (bicyclic) bond motifs is 2. The number of ether oxygens (including phenoxy) is 2. The van der Waals surface area contributed by atoms with Gasteiger partial charge in [0.2, 0.25) is 18.6 Å². The van der Waals surface area contributed by atoms with Gasteiger partial charge in [0.1, 0.15) is 12.1 Å². The second kappa shape index (κ2) is 9.61. The Morgan fingerprint density at radius 3 is 2.65 bits per heavy atom. The van der Waals surface area contributed by atoms with Crippen LogP contribution in [0.3, 0.4) is 0 Å². The molecule has 0 saturated heterocycles. The van der Waals surface area contributed by atoms with Crippen LogP contribution in [-0.2, 0) is 23.2 Å². The van der Waals surface area contributed by atoms with Crippen LogP contribution in [0.15, 0.2) is 60.8 Å². The van der Waals surface area contributed by atoms with E-state index in [0.29, 0.717) is 28.4 Å². The average Bonchev–Trinajstić information content (AvgIpc) is 3.62. The quantitative estimate of drug-likeness (QED) is 0.395. The number of amides is 2. The highest BCUT2D eigenvalue weighted by molar-refractivity contribution is 6.01. The first-order valence-corrected chi connectivity index (χ1v) is 12.2. The summed E-state index contributed by atoms with van der Waals surface area (Å²) in [5.41, 5.74) is 2.12. The highest BCUT2D eigenvalue weighted by atomic mass is 16.7. The molecule has 3 heterocycles. The molecule has 2 aromatic carbocycles. The molecule has 0 bridgehead atoms. The molecule has 10 nitrogen and oxygen atoms in total. The number of para-hydroxylation sites is 1. The van der Waals surface area contributed by atoms with Crippen molar-refractivity contribution in [3.63, 3.8) is 0 Å². The maximum Gasteiger partial charge on any atom is 0.249 e. The minimum atomic E-state index is -0.950. The predicted octanol–water partition coefficient (Wildman–Crippen LogP) is 3.58. The van der Waals surface area contributed by atoms with Gasteiger partial charge in [0.25, 0.3) is 0 Å². The smallest absolute Gasteiger partial charge is 0.249 e. The number of carbonyl (C=O) groups is 2. The SMILES string of the molecule is CCC(C)(C)NC(=O)C(c1cccn1C)N(C(=O)Cn1nnc2ccccc21)c1ccc2c(c1)OCO2. The fourth-order valence-electron chi connectivity index (χ4n) is 4.34. The second-order valence-electron chi connectivity index (χ2n) is 9.71. The van der Waals surface area contributed by atoms with Crippen molar-refractivity contribution < 1.29 is 19.1 Å². The summed E-state index contributed by atoms with van der Waals surface area (Å²) < 4.78 is 14.5. The maximum atomic E-state index is 14.1. The molecule has 1 aliphatic heterocycles. The Balaban J connectivity index is 1.61. The number of rotatable bonds is 8. The summed E-state index contributed by atoms with van der Waals surface area (Å²) in [6.45, 7) is 5.92. The van der Waals surface area contributed by atoms with E-state index in [-0.39, 0.29) is 25.2 Å². The van der Waals surface area contributed by atoms with Gasteiger partial charge in [-0.05, 0) is 56.7 Å². The van der Waals surface area contributed by atoms with Gasteiger partial charge in [-0.1, -0.05) is 24.3 Å². The zero-order chi connectivity index (χ0) is 26.2. The van der Waals surface area contributed by atoms with Crippen LogP contribution in [0.25, 0.3) is 11.0 Å². The molecule has 1 unspecified atom stereocenters. The molecule has 1 atom stereocenters. The molecule has 4 aromatic rings. The van der Waals surface area contributed by atoms with Gasteiger partial charge in [-0.3, -0.25) is 14.5 Å². The minimum Gasteiger partial charge on any atom is -0.454 e. The summed E-state index contributed by atoms with van der Waals surface area (Å²) in [5, 5.41) is 11.5. The molecule has 1 aliphatic rings. The van der Waals surface area contributed by atoms with E-state index in [9.17, 15) is 9.59 Å². The molecule has 0 fully saturated rings. The molecule has 10 heteroatoms. The van der Waals surface area contributed by atoms with E-state index >= 15 is 0 Å². The number of nitrogens with one attached hydrogen (secondary N) is 1. The van der Waals surface area contributed by atoms with Gasteiger partial charge in [-0.25, -0.2) is 4.68 Å². The van der Waals surface area contributed by atoms with E-state index in [4.69, 9.17) is 9.47 Å². The van der Waals surface area contributed by atoms with Gasteiger partial charge in [0.05, 0.1) is 11.2 Å². The number of carbonyl (C=O) groups excluding carboxylic acids is 2. The summed E-state index contributed by atoms with van der Waals surface area (Å²) in [4.78, 5) is 29.6. The van der Waals surface area contributed by atoms with E-state index in [1.807, 2.05) is 75.0 Å². The molecule has 0 aliphatic carbocycles. The van der Waals surface area contributed by atoms with Crippen molar-refractivity contribution in [2.75, 3.05) is 11.7 Å². The van der Waals surface area contributed by atoms with Crippen LogP contribution in [-0.4, -0.2) is 43.7 Å². The lowest BCUT2D eigenvalue weighted by atomic mass is 10.00. The monoisotopic (exact) mass is 502 g/mol. The lowest BCUT2D eigenvalue weighted by Gasteiger charge is -2.34. The van der Waals surface area contributed by atoms with Crippen LogP contribution < -0.4 is 19.7 Å². The van der Waals surface area contributed by atoms with Crippen LogP contribution in [0.4, 0.5) is 5.69 Å². The third-order valence-corrected chi connectivity index (χ3v) is 6.72. The molecular formula is C27H30N6O4. The van der Waals surface area contributed by atoms with Crippen LogP contribution >= 0.6 is 0 Å². The van der Waals surface area contributed by atoms with Crippen molar-refractivity contribution in [3.8, 4) is 11.5 Å². The Hall–Kier alpha value is -4.34. The Kier molecular flexibility index (Phi) is 6.32. The maximum absolute atomic E-state index is 14.1. The summed E-state index contributed by atoms with van der Waals surface area (Å²) in [6.07, 6.45) is 2.58. The predicted molar refractivity (Wildman–Crippen MR) is 138 cm³/mol. The molecule has 0 saturated carbocycles. The van der Waals surface area contributed by atoms with Crippen LogP contribution in [0.2, 0.25) is 0 Å². The first kappa shape index (κ1) is 24.4. The molecule has 192 valence electrons. The number of hydrogen-bond acceptors (Lipinski definition) is 6. The number of aromatic nitrogens is 4. The van der Waals surface area contributed by atoms with Crippen molar-refractivity contribution in [1.29, 1.82) is 0 Å². The summed E-state index contributed by atoms with van der Waals surface area (Å²) in [6, 6.07) is 15.4. The highest BCUT2D eigenvalue weighted by Gasteiger charge is 2.37. The molecule has 5 rings (SSSR count). The zero-order valence-corrected chi connectivity index (χ0v) is 21.3. The van der Waals surface area contributed by atoms with Gasteiger partial charge in [0.15, 0.2) is 17.5 Å². The first-order valence-electron chi connectivity index (χ1n) is 12.2. The lowest BCUT2D eigenvalue weighted by Crippen LogP contribution is -2.51. The number of hydrogen-bond donors (Lipinski definition) is 1. The molecule has 0 spiro atoms. The summed E-state index contributed by atoms with van der Waals surface area (Å²) >= 11 is 0. The Bertz CT molecular complexity index is 1460. The molecule has 2 aromatic heterocycles. The van der Waals surface area contributed by atoms with Gasteiger partial charge in [-0.15, -0.1) is 5.10 Å². The number of benzene rings is 2. The highest BCUT2D eigenvalue weighted by Crippen LogP contribution is 2.38. The molecule has 37 heavy (non-hydrogen) atoms. The van der Waals surface area contributed by atoms with Gasteiger partial charge < -0.3 is 19.4 Å². The third-order valence-electron chi connectivity index (χ3n) is 6.72. The van der Waals surface area contributed by atoms with E-state index < -0.39 is 11.6 Å². The van der Waals surface area contributed by atoms with Crippen LogP contribution in [0.5, 0.6) is 11.5 Å². The second-order valence-corrected chi connectivity index (χ2v) is 9.71. The number of aryl methyl sites for hydroxylation is 1. The van der Waals surface area contributed by atoms with Crippen molar-refractivity contribution in [3.05, 3.63) is 66.5 Å². The number of nitrogens with zero attached hydrogens (tertiary/aromatic N) is 5. The van der Waals surface area contributed by atoms with Crippen molar-refractivity contribution in [1.82, 2.24) is 24.9 Å². The Labute approximate surface area is 214 Å². The Morgan fingerprint density at radius 2 is 1.89 bits per heavy atom. The van der Waals surface area contributed by atoms with E-state index in [1.165, 1.54) is 4.90 Å². The molecular weight excluding hydrogens is 472 g/mol. The van der Waals surface area contributed by atoms with Crippen molar-refractivity contribution in [2.45, 2.75) is 45.3 Å². The van der Waals surface area contributed by atoms with Gasteiger partial charge in [-0.2, -0.15) is 0 Å². The normalized spacial score (nSPS) is 13.5.